The molecule has 0 atom stereocenters. The number of benzene rings is 1. The maximum absolute atomic E-state index is 13.1. The predicted octanol–water partition coefficient (Wildman–Crippen LogP) is 5.96. The highest BCUT2D eigenvalue weighted by atomic mass is 35.5. The first-order chi connectivity index (χ1) is 12.3. The summed E-state index contributed by atoms with van der Waals surface area (Å²) < 4.78 is 49.4. The number of nitrogens with zero attached hydrogens (tertiary/aromatic N) is 1. The Morgan fingerprint density at radius 3 is 2.65 bits per heavy atom. The molecule has 1 heterocycles. The van der Waals surface area contributed by atoms with Gasteiger partial charge in [-0.1, -0.05) is 17.7 Å². The highest BCUT2D eigenvalue weighted by Crippen LogP contribution is 2.41. The van der Waals surface area contributed by atoms with E-state index >= 15 is 0 Å². The first kappa shape index (κ1) is 20.3. The summed E-state index contributed by atoms with van der Waals surface area (Å²) in [6, 6.07) is 3.47. The molecule has 0 spiro atoms. The predicted molar refractivity (Wildman–Crippen MR) is 95.5 cm³/mol. The van der Waals surface area contributed by atoms with E-state index in [4.69, 9.17) is 21.1 Å². The standard InChI is InChI=1S/C17H15ClF3NO3S/c1-3-24-9-22-15-14(16(23)25-4-2)11(8-26-15)10-5-6-13(18)12(7-10)17(19,20)21/h5-9H,3-4H2,1-2H3. The summed E-state index contributed by atoms with van der Waals surface area (Å²) in [4.78, 5) is 16.4. The van der Waals surface area contributed by atoms with Gasteiger partial charge in [0.1, 0.15) is 10.6 Å². The fraction of sp³-hybridized carbons (Fsp3) is 0.294. The molecule has 0 N–H and O–H groups in total. The molecule has 26 heavy (non-hydrogen) atoms. The van der Waals surface area contributed by atoms with Crippen LogP contribution in [-0.2, 0) is 15.7 Å². The summed E-state index contributed by atoms with van der Waals surface area (Å²) in [5.74, 6) is -0.670. The molecule has 1 aromatic carbocycles. The zero-order chi connectivity index (χ0) is 19.3. The van der Waals surface area contributed by atoms with Crippen LogP contribution in [0, 0.1) is 0 Å². The van der Waals surface area contributed by atoms with Crippen LogP contribution < -0.4 is 0 Å². The molecule has 2 rings (SSSR count). The lowest BCUT2D eigenvalue weighted by atomic mass is 10.0. The van der Waals surface area contributed by atoms with Crippen molar-refractivity contribution in [2.24, 2.45) is 4.99 Å². The average Bonchev–Trinajstić information content (AvgIpc) is 2.98. The molecule has 0 aliphatic carbocycles. The molecule has 4 nitrogen and oxygen atoms in total. The van der Waals surface area contributed by atoms with Crippen LogP contribution in [0.25, 0.3) is 11.1 Å². The third-order valence-corrected chi connectivity index (χ3v) is 4.46. The maximum atomic E-state index is 13.1. The van der Waals surface area contributed by atoms with Gasteiger partial charge in [-0.15, -0.1) is 11.3 Å². The second kappa shape index (κ2) is 8.55. The van der Waals surface area contributed by atoms with Crippen LogP contribution in [-0.4, -0.2) is 25.6 Å². The van der Waals surface area contributed by atoms with Crippen molar-refractivity contribution in [1.82, 2.24) is 0 Å². The number of halogens is 4. The first-order valence-electron chi connectivity index (χ1n) is 7.59. The van der Waals surface area contributed by atoms with Crippen LogP contribution in [0.5, 0.6) is 0 Å². The normalized spacial score (nSPS) is 11.8. The van der Waals surface area contributed by atoms with Crippen LogP contribution in [0.3, 0.4) is 0 Å². The highest BCUT2D eigenvalue weighted by molar-refractivity contribution is 7.14. The highest BCUT2D eigenvalue weighted by Gasteiger charge is 2.34. The number of carbonyl (C=O) groups excluding carboxylic acids is 1. The number of alkyl halides is 3. The fourth-order valence-corrected chi connectivity index (χ4v) is 3.25. The molecule has 0 unspecified atom stereocenters. The summed E-state index contributed by atoms with van der Waals surface area (Å²) in [5.41, 5.74) is -0.404. The Morgan fingerprint density at radius 2 is 2.04 bits per heavy atom. The van der Waals surface area contributed by atoms with Crippen molar-refractivity contribution in [3.05, 3.63) is 39.7 Å². The molecule has 0 amide bonds. The van der Waals surface area contributed by atoms with E-state index < -0.39 is 22.7 Å². The molecule has 0 bridgehead atoms. The van der Waals surface area contributed by atoms with E-state index in [2.05, 4.69) is 4.99 Å². The number of hydrogen-bond donors (Lipinski definition) is 0. The summed E-state index contributed by atoms with van der Waals surface area (Å²) in [6.45, 7) is 3.92. The second-order valence-electron chi connectivity index (χ2n) is 4.93. The van der Waals surface area contributed by atoms with Crippen molar-refractivity contribution in [3.8, 4) is 11.1 Å². The van der Waals surface area contributed by atoms with E-state index in [1.807, 2.05) is 0 Å². The molecule has 9 heteroatoms. The lowest BCUT2D eigenvalue weighted by molar-refractivity contribution is -0.137. The van der Waals surface area contributed by atoms with Gasteiger partial charge in [0.15, 0.2) is 6.40 Å². The quantitative estimate of drug-likeness (QED) is 0.338. The van der Waals surface area contributed by atoms with Gasteiger partial charge in [0.25, 0.3) is 0 Å². The molecule has 2 aromatic rings. The minimum Gasteiger partial charge on any atom is -0.483 e. The molecule has 0 fully saturated rings. The van der Waals surface area contributed by atoms with Gasteiger partial charge in [0.05, 0.1) is 23.8 Å². The van der Waals surface area contributed by atoms with Crippen molar-refractivity contribution in [1.29, 1.82) is 0 Å². The van der Waals surface area contributed by atoms with Crippen LogP contribution in [0.2, 0.25) is 5.02 Å². The number of carbonyl (C=O) groups is 1. The van der Waals surface area contributed by atoms with Gasteiger partial charge in [-0.2, -0.15) is 13.2 Å². The summed E-state index contributed by atoms with van der Waals surface area (Å²) in [5, 5.41) is 1.42. The van der Waals surface area contributed by atoms with Gasteiger partial charge < -0.3 is 9.47 Å². The lowest BCUT2D eigenvalue weighted by Gasteiger charge is -2.11. The first-order valence-corrected chi connectivity index (χ1v) is 8.85. The Bertz CT molecular complexity index is 818. The van der Waals surface area contributed by atoms with E-state index in [0.29, 0.717) is 12.2 Å². The van der Waals surface area contributed by atoms with Crippen molar-refractivity contribution in [2.45, 2.75) is 20.0 Å². The van der Waals surface area contributed by atoms with E-state index in [0.717, 1.165) is 23.5 Å². The Hall–Kier alpha value is -2.06. The SMILES string of the molecule is CCOC=Nc1scc(-c2ccc(Cl)c(C(F)(F)F)c2)c1C(=O)OCC. The van der Waals surface area contributed by atoms with Crippen LogP contribution in [0.1, 0.15) is 29.8 Å². The van der Waals surface area contributed by atoms with Crippen LogP contribution >= 0.6 is 22.9 Å². The smallest absolute Gasteiger partial charge is 0.417 e. The van der Waals surface area contributed by atoms with Gasteiger partial charge in [0.2, 0.25) is 0 Å². The Morgan fingerprint density at radius 1 is 1.31 bits per heavy atom. The maximum Gasteiger partial charge on any atom is 0.417 e. The van der Waals surface area contributed by atoms with E-state index in [-0.39, 0.29) is 22.7 Å². The molecule has 0 saturated heterocycles. The zero-order valence-corrected chi connectivity index (χ0v) is 15.5. The molecule has 0 radical (unpaired) electrons. The number of hydrogen-bond acceptors (Lipinski definition) is 5. The molecule has 140 valence electrons. The summed E-state index contributed by atoms with van der Waals surface area (Å²) in [6.07, 6.45) is -3.43. The summed E-state index contributed by atoms with van der Waals surface area (Å²) >= 11 is 6.76. The Kier molecular flexibility index (Phi) is 6.66. The van der Waals surface area contributed by atoms with Crippen molar-refractivity contribution >= 4 is 40.3 Å². The van der Waals surface area contributed by atoms with Crippen molar-refractivity contribution < 1.29 is 27.4 Å². The third kappa shape index (κ3) is 4.56. The van der Waals surface area contributed by atoms with Crippen molar-refractivity contribution in [2.75, 3.05) is 13.2 Å². The monoisotopic (exact) mass is 405 g/mol. The molecule has 0 aliphatic rings. The van der Waals surface area contributed by atoms with Gasteiger partial charge >= 0.3 is 12.1 Å². The molecule has 1 aromatic heterocycles. The minimum absolute atomic E-state index is 0.0863. The van der Waals surface area contributed by atoms with E-state index in [1.54, 1.807) is 19.2 Å². The van der Waals surface area contributed by atoms with E-state index in [1.165, 1.54) is 12.5 Å². The minimum atomic E-state index is -4.61. The fourth-order valence-electron chi connectivity index (χ4n) is 2.13. The number of aliphatic imine (C=N–C) groups is 1. The van der Waals surface area contributed by atoms with Crippen LogP contribution in [0.15, 0.2) is 28.6 Å². The second-order valence-corrected chi connectivity index (χ2v) is 6.20. The molecular weight excluding hydrogens is 391 g/mol. The van der Waals surface area contributed by atoms with Gasteiger partial charge in [-0.25, -0.2) is 9.79 Å². The van der Waals surface area contributed by atoms with Crippen LogP contribution in [0.4, 0.5) is 18.2 Å². The molecule has 0 saturated carbocycles. The molecular formula is C17H15ClF3NO3S. The number of ether oxygens (including phenoxy) is 2. The largest absolute Gasteiger partial charge is 0.483 e. The number of rotatable bonds is 6. The lowest BCUT2D eigenvalue weighted by Crippen LogP contribution is -2.07. The Balaban J connectivity index is 2.57. The molecule has 0 aliphatic heterocycles. The number of thiophene rings is 1. The average molecular weight is 406 g/mol. The van der Waals surface area contributed by atoms with Gasteiger partial charge in [-0.05, 0) is 31.5 Å². The van der Waals surface area contributed by atoms with E-state index in [9.17, 15) is 18.0 Å². The van der Waals surface area contributed by atoms with Gasteiger partial charge in [-0.3, -0.25) is 0 Å². The topological polar surface area (TPSA) is 47.9 Å². The third-order valence-electron chi connectivity index (χ3n) is 3.25. The van der Waals surface area contributed by atoms with Crippen molar-refractivity contribution in [3.63, 3.8) is 0 Å². The van der Waals surface area contributed by atoms with Gasteiger partial charge in [0, 0.05) is 10.9 Å². The summed E-state index contributed by atoms with van der Waals surface area (Å²) in [7, 11) is 0. The zero-order valence-electron chi connectivity index (χ0n) is 13.9. The number of esters is 1. The Labute approximate surface area is 157 Å².